The fraction of sp³-hybridized carbons (Fsp3) is 0.714. The van der Waals surface area contributed by atoms with Gasteiger partial charge in [-0.15, -0.1) is 0 Å². The van der Waals surface area contributed by atoms with Gasteiger partial charge in [-0.05, 0) is 33.1 Å². The number of carbonyl (C=O) groups excluding carboxylic acids is 6. The van der Waals surface area contributed by atoms with Crippen molar-refractivity contribution >= 4 is 63.2 Å². The van der Waals surface area contributed by atoms with Gasteiger partial charge in [0.25, 0.3) is 0 Å². The van der Waals surface area contributed by atoms with Gasteiger partial charge in [0.05, 0.1) is 13.2 Å². The molecule has 0 aromatic heterocycles. The van der Waals surface area contributed by atoms with E-state index < -0.39 is 29.4 Å². The fourth-order valence-corrected chi connectivity index (χ4v) is 4.26. The molecule has 4 N–H and O–H groups in total. The predicted molar refractivity (Wildman–Crippen MR) is 144 cm³/mol. The summed E-state index contributed by atoms with van der Waals surface area (Å²) in [4.78, 5) is 73.3. The van der Waals surface area contributed by atoms with Crippen molar-refractivity contribution in [2.24, 2.45) is 4.67 Å². The summed E-state index contributed by atoms with van der Waals surface area (Å²) in [6.07, 6.45) is 1.64. The first-order chi connectivity index (χ1) is 18.2. The third-order valence-electron chi connectivity index (χ3n) is 5.15. The molecule has 0 spiro atoms. The van der Waals surface area contributed by atoms with Crippen LogP contribution in [0.3, 0.4) is 0 Å². The molecule has 0 aromatic carbocycles. The first kappa shape index (κ1) is 33.3. The number of likely N-dealkylation sites (tertiary alicyclic amines) is 1. The van der Waals surface area contributed by atoms with Gasteiger partial charge in [0, 0.05) is 6.54 Å². The Labute approximate surface area is 228 Å². The molecular formula is C21H36BN6O8PS. The van der Waals surface area contributed by atoms with Crippen molar-refractivity contribution in [3.8, 4) is 0 Å². The zero-order valence-corrected chi connectivity index (χ0v) is 23.6. The van der Waals surface area contributed by atoms with Crippen molar-refractivity contribution in [2.45, 2.75) is 57.2 Å². The maximum absolute atomic E-state index is 12.6. The minimum absolute atomic E-state index is 0.0263. The molecule has 1 aliphatic heterocycles. The van der Waals surface area contributed by atoms with E-state index in [1.165, 1.54) is 6.35 Å². The number of ether oxygens (including phenoxy) is 2. The van der Waals surface area contributed by atoms with Crippen LogP contribution in [-0.4, -0.2) is 97.8 Å². The molecular weight excluding hydrogens is 538 g/mol. The van der Waals surface area contributed by atoms with Gasteiger partial charge in [-0.1, -0.05) is 0 Å². The molecule has 14 nitrogen and oxygen atoms in total. The Bertz CT molecular complexity index is 868. The van der Waals surface area contributed by atoms with Gasteiger partial charge in [0.1, 0.15) is 6.04 Å². The Morgan fingerprint density at radius 3 is 2.42 bits per heavy atom. The van der Waals surface area contributed by atoms with Gasteiger partial charge in [0.2, 0.25) is 0 Å². The van der Waals surface area contributed by atoms with Crippen molar-refractivity contribution in [1.82, 2.24) is 26.2 Å². The Balaban J connectivity index is 2.38. The van der Waals surface area contributed by atoms with Crippen LogP contribution in [0.2, 0.25) is 0 Å². The van der Waals surface area contributed by atoms with Crippen molar-refractivity contribution in [1.29, 1.82) is 0 Å². The zero-order chi connectivity index (χ0) is 28.3. The summed E-state index contributed by atoms with van der Waals surface area (Å²) < 4.78 is 13.3. The van der Waals surface area contributed by atoms with E-state index in [4.69, 9.17) is 9.47 Å². The van der Waals surface area contributed by atoms with E-state index in [-0.39, 0.29) is 63.4 Å². The topological polar surface area (TPSA) is 185 Å². The van der Waals surface area contributed by atoms with Crippen LogP contribution >= 0.6 is 21.0 Å². The average Bonchev–Trinajstić information content (AvgIpc) is 3.15. The summed E-state index contributed by atoms with van der Waals surface area (Å²) in [7, 11) is 2.15. The number of nitrogens with zero attached hydrogens (tertiary/aromatic N) is 2. The maximum atomic E-state index is 12.6. The molecule has 0 aliphatic carbocycles. The van der Waals surface area contributed by atoms with E-state index in [0.717, 1.165) is 16.5 Å². The average molecular weight is 574 g/mol. The van der Waals surface area contributed by atoms with Crippen LogP contribution in [0, 0.1) is 0 Å². The predicted octanol–water partition coefficient (Wildman–Crippen LogP) is 0.0936. The van der Waals surface area contributed by atoms with E-state index in [2.05, 4.69) is 35.3 Å². The molecule has 1 heterocycles. The molecule has 0 saturated carbocycles. The normalized spacial score (nSPS) is 15.6. The van der Waals surface area contributed by atoms with E-state index in [1.54, 1.807) is 13.8 Å². The van der Waals surface area contributed by atoms with Gasteiger partial charge in [-0.25, -0.2) is 9.59 Å². The number of unbranched alkanes of at least 4 members (excludes halogenated alkanes) is 1. The molecule has 3 unspecified atom stereocenters. The van der Waals surface area contributed by atoms with Crippen LogP contribution in [0.25, 0.3) is 0 Å². The van der Waals surface area contributed by atoms with E-state index in [1.807, 2.05) is 0 Å². The van der Waals surface area contributed by atoms with E-state index >= 15 is 0 Å². The first-order valence-corrected chi connectivity index (χ1v) is 13.8. The second-order valence-corrected chi connectivity index (χ2v) is 9.27. The van der Waals surface area contributed by atoms with Crippen molar-refractivity contribution in [3.63, 3.8) is 0 Å². The molecule has 0 bridgehead atoms. The van der Waals surface area contributed by atoms with Crippen molar-refractivity contribution in [3.05, 3.63) is 0 Å². The summed E-state index contributed by atoms with van der Waals surface area (Å²) in [5, 5.41) is 9.83. The summed E-state index contributed by atoms with van der Waals surface area (Å²) >= 11 is 1.15. The number of alkyl carbamates (subject to hydrolysis) is 2. The molecule has 1 aliphatic rings. The second kappa shape index (κ2) is 19.4. The van der Waals surface area contributed by atoms with Crippen LogP contribution in [0.15, 0.2) is 4.67 Å². The van der Waals surface area contributed by atoms with Gasteiger partial charge < -0.3 is 20.1 Å². The molecule has 1 saturated heterocycles. The molecule has 3 atom stereocenters. The van der Waals surface area contributed by atoms with Gasteiger partial charge in [0.15, 0.2) is 0 Å². The number of nitrogens with one attached hydrogen (secondary N) is 4. The molecule has 0 aromatic rings. The Morgan fingerprint density at radius 1 is 1.05 bits per heavy atom. The number of hydrogen-bond donors (Lipinski definition) is 4. The van der Waals surface area contributed by atoms with E-state index in [9.17, 15) is 28.8 Å². The third-order valence-corrected chi connectivity index (χ3v) is 6.45. The SMILES string of the molecule is CCOC(=O)NCCCCC(NC(=O)OCC)C(=O)NCCNC(=O)CCN1C(=O)CC(SB=NP)C1=O. The molecule has 38 heavy (non-hydrogen) atoms. The van der Waals surface area contributed by atoms with Crippen LogP contribution in [0.1, 0.15) is 46.0 Å². The molecule has 17 heteroatoms. The number of amides is 6. The Kier molecular flexibility index (Phi) is 17.0. The summed E-state index contributed by atoms with van der Waals surface area (Å²) in [6.45, 7) is 4.31. The zero-order valence-electron chi connectivity index (χ0n) is 21.7. The molecule has 212 valence electrons. The molecule has 0 radical (unpaired) electrons. The Hall–Kier alpha value is -2.74. The molecule has 1 rings (SSSR count). The van der Waals surface area contributed by atoms with Gasteiger partial charge in [-0.3, -0.25) is 4.79 Å². The third kappa shape index (κ3) is 13.2. The number of carbonyl (C=O) groups is 6. The van der Waals surface area contributed by atoms with Gasteiger partial charge >= 0.3 is 135 Å². The number of hydrogen-bond acceptors (Lipinski definition) is 10. The second-order valence-electron chi connectivity index (χ2n) is 7.92. The summed E-state index contributed by atoms with van der Waals surface area (Å²) in [5.41, 5.74) is 0. The van der Waals surface area contributed by atoms with Crippen LogP contribution in [0.5, 0.6) is 0 Å². The van der Waals surface area contributed by atoms with Crippen molar-refractivity contribution < 1.29 is 38.2 Å². The Morgan fingerprint density at radius 2 is 1.74 bits per heavy atom. The van der Waals surface area contributed by atoms with E-state index in [0.29, 0.717) is 25.8 Å². The van der Waals surface area contributed by atoms with Gasteiger partial charge in [-0.2, -0.15) is 0 Å². The van der Waals surface area contributed by atoms with Crippen LogP contribution in [-0.2, 0) is 28.7 Å². The monoisotopic (exact) mass is 574 g/mol. The van der Waals surface area contributed by atoms with Crippen LogP contribution in [0.4, 0.5) is 9.59 Å². The number of rotatable bonds is 17. The summed E-state index contributed by atoms with van der Waals surface area (Å²) in [6, 6.07) is -0.860. The molecule has 6 amide bonds. The first-order valence-electron chi connectivity index (χ1n) is 12.3. The standard InChI is InChI=1S/C21H36BN6O8PS/c1-3-35-20(33)25-9-6-5-7-14(26-21(34)36-4-2)18(31)24-11-10-23-16(29)8-12-28-17(30)13-15(19(28)32)38-22-27-37/h14-15H,3-13,37H2,1-2H3,(H,23,29)(H,24,31)(H,25,33)(H,26,34). The van der Waals surface area contributed by atoms with Crippen molar-refractivity contribution in [2.75, 3.05) is 39.4 Å². The molecule has 1 fully saturated rings. The number of imide groups is 1. The fourth-order valence-electron chi connectivity index (χ4n) is 3.35. The summed E-state index contributed by atoms with van der Waals surface area (Å²) in [5.74, 6) is -1.50. The quantitative estimate of drug-likeness (QED) is 0.0809. The van der Waals surface area contributed by atoms with Crippen LogP contribution < -0.4 is 21.3 Å². The minimum atomic E-state index is -0.860.